The van der Waals surface area contributed by atoms with Crippen LogP contribution in [-0.2, 0) is 22.7 Å². The van der Waals surface area contributed by atoms with E-state index in [9.17, 15) is 26.7 Å². The highest BCUT2D eigenvalue weighted by molar-refractivity contribution is 9.10. The normalized spacial score (nSPS) is 12.9. The zero-order valence-corrected chi connectivity index (χ0v) is 20.9. The first kappa shape index (κ1) is 26.9. The summed E-state index contributed by atoms with van der Waals surface area (Å²) in [5.74, 6) is 0.759. The first-order valence-corrected chi connectivity index (χ1v) is 12.7. The number of nitrogens with one attached hydrogen (secondary N) is 3. The number of alkyl halides is 3. The minimum Gasteiger partial charge on any atom is -0.394 e. The predicted molar refractivity (Wildman–Crippen MR) is 130 cm³/mol. The van der Waals surface area contributed by atoms with E-state index in [1.165, 1.54) is 36.4 Å². The molecule has 3 rings (SSSR count). The molecule has 2 aromatic carbocycles. The average molecular weight is 574 g/mol. The number of aromatic nitrogens is 2. The van der Waals surface area contributed by atoms with Gasteiger partial charge in [0.05, 0.1) is 27.6 Å². The maximum Gasteiger partial charge on any atom is 0.416 e. The molecule has 1 atom stereocenters. The molecule has 3 aromatic rings. The first-order chi connectivity index (χ1) is 16.5. The van der Waals surface area contributed by atoms with E-state index in [0.29, 0.717) is 28.0 Å². The third kappa shape index (κ3) is 7.37. The topological polar surface area (TPSA) is 116 Å². The van der Waals surface area contributed by atoms with E-state index < -0.39 is 21.8 Å². The van der Waals surface area contributed by atoms with E-state index in [2.05, 4.69) is 41.3 Å². The summed E-state index contributed by atoms with van der Waals surface area (Å²) < 4.78 is 66.1. The Bertz CT molecular complexity index is 1240. The highest BCUT2D eigenvalue weighted by Crippen LogP contribution is 2.29. The largest absolute Gasteiger partial charge is 0.416 e. The van der Waals surface area contributed by atoms with Crippen LogP contribution in [-0.4, -0.2) is 36.1 Å². The van der Waals surface area contributed by atoms with Crippen molar-refractivity contribution in [1.29, 1.82) is 0 Å². The molecule has 0 fully saturated rings. The molecule has 1 aromatic heterocycles. The fourth-order valence-electron chi connectivity index (χ4n) is 2.92. The predicted octanol–water partition coefficient (Wildman–Crippen LogP) is 4.66. The van der Waals surface area contributed by atoms with Crippen molar-refractivity contribution in [3.63, 3.8) is 0 Å². The summed E-state index contributed by atoms with van der Waals surface area (Å²) in [5.41, 5.74) is 0.126. The minimum absolute atomic E-state index is 0.0113. The molecule has 0 aliphatic heterocycles. The molecule has 0 unspecified atom stereocenters. The highest BCUT2D eigenvalue weighted by atomic mass is 79.9. The van der Waals surface area contributed by atoms with Crippen LogP contribution in [0.4, 0.5) is 30.6 Å². The number of rotatable bonds is 10. The number of sulfonamides is 1. The van der Waals surface area contributed by atoms with E-state index in [1.807, 2.05) is 6.92 Å². The Balaban J connectivity index is 1.65. The third-order valence-corrected chi connectivity index (χ3v) is 6.96. The van der Waals surface area contributed by atoms with Crippen molar-refractivity contribution in [2.75, 3.05) is 17.2 Å². The van der Waals surface area contributed by atoms with E-state index in [1.54, 1.807) is 6.20 Å². The van der Waals surface area contributed by atoms with Gasteiger partial charge in [-0.2, -0.15) is 18.2 Å². The SMILES string of the molecule is CC[C@H](CO)Nc1nc(Nc2ccc(S(=O)(=O)NCc3ccc(C(F)(F)F)cc3)cc2)ncc1Br. The van der Waals surface area contributed by atoms with E-state index in [4.69, 9.17) is 0 Å². The summed E-state index contributed by atoms with van der Waals surface area (Å²) in [4.78, 5) is 8.53. The Hall–Kier alpha value is -2.74. The molecule has 13 heteroatoms. The van der Waals surface area contributed by atoms with Gasteiger partial charge in [-0.25, -0.2) is 18.1 Å². The summed E-state index contributed by atoms with van der Waals surface area (Å²) >= 11 is 3.36. The van der Waals surface area contributed by atoms with Crippen LogP contribution in [0.5, 0.6) is 0 Å². The third-order valence-electron chi connectivity index (χ3n) is 4.97. The molecule has 4 N–H and O–H groups in total. The Morgan fingerprint density at radius 3 is 2.31 bits per heavy atom. The Morgan fingerprint density at radius 2 is 1.74 bits per heavy atom. The number of hydrogen-bond donors (Lipinski definition) is 4. The summed E-state index contributed by atoms with van der Waals surface area (Å²) in [5, 5.41) is 15.5. The van der Waals surface area contributed by atoms with Gasteiger partial charge in [0.15, 0.2) is 0 Å². The number of hydrogen-bond acceptors (Lipinski definition) is 7. The molecule has 0 aliphatic carbocycles. The number of aliphatic hydroxyl groups is 1. The van der Waals surface area contributed by atoms with Gasteiger partial charge in [-0.05, 0) is 64.3 Å². The summed E-state index contributed by atoms with van der Waals surface area (Å²) in [7, 11) is -3.89. The fourth-order valence-corrected chi connectivity index (χ4v) is 4.24. The molecule has 35 heavy (non-hydrogen) atoms. The zero-order chi connectivity index (χ0) is 25.6. The van der Waals surface area contributed by atoms with Crippen LogP contribution in [0, 0.1) is 0 Å². The lowest BCUT2D eigenvalue weighted by Crippen LogP contribution is -2.23. The van der Waals surface area contributed by atoms with Crippen molar-refractivity contribution in [3.05, 3.63) is 70.3 Å². The van der Waals surface area contributed by atoms with Crippen molar-refractivity contribution in [2.45, 2.75) is 37.0 Å². The highest BCUT2D eigenvalue weighted by Gasteiger charge is 2.30. The summed E-state index contributed by atoms with van der Waals surface area (Å²) in [6.07, 6.45) is -2.21. The van der Waals surface area contributed by atoms with E-state index in [-0.39, 0.29) is 30.0 Å². The van der Waals surface area contributed by atoms with Crippen LogP contribution in [0.15, 0.2) is 64.1 Å². The Labute approximate surface area is 209 Å². The van der Waals surface area contributed by atoms with Crippen LogP contribution in [0.3, 0.4) is 0 Å². The molecule has 0 saturated carbocycles. The number of halogens is 4. The van der Waals surface area contributed by atoms with Crippen molar-refractivity contribution < 1.29 is 26.7 Å². The Morgan fingerprint density at radius 1 is 1.09 bits per heavy atom. The summed E-state index contributed by atoms with van der Waals surface area (Å²) in [6.45, 7) is 1.71. The maximum absolute atomic E-state index is 12.7. The molecule has 0 aliphatic rings. The molecule has 0 amide bonds. The summed E-state index contributed by atoms with van der Waals surface area (Å²) in [6, 6.07) is 9.92. The monoisotopic (exact) mass is 573 g/mol. The van der Waals surface area contributed by atoms with Crippen LogP contribution in [0.2, 0.25) is 0 Å². The van der Waals surface area contributed by atoms with Gasteiger partial charge >= 0.3 is 6.18 Å². The molecule has 0 radical (unpaired) electrons. The average Bonchev–Trinajstić information content (AvgIpc) is 2.83. The molecule has 8 nitrogen and oxygen atoms in total. The van der Waals surface area contributed by atoms with Gasteiger partial charge < -0.3 is 15.7 Å². The van der Waals surface area contributed by atoms with Crippen molar-refractivity contribution in [1.82, 2.24) is 14.7 Å². The van der Waals surface area contributed by atoms with Crippen LogP contribution in [0.1, 0.15) is 24.5 Å². The molecule has 0 saturated heterocycles. The van der Waals surface area contributed by atoms with E-state index >= 15 is 0 Å². The number of benzene rings is 2. The molecule has 1 heterocycles. The quantitative estimate of drug-likeness (QED) is 0.278. The van der Waals surface area contributed by atoms with Crippen molar-refractivity contribution in [3.8, 4) is 0 Å². The molecule has 188 valence electrons. The second kappa shape index (κ2) is 11.3. The smallest absolute Gasteiger partial charge is 0.394 e. The van der Waals surface area contributed by atoms with Crippen LogP contribution < -0.4 is 15.4 Å². The lowest BCUT2D eigenvalue weighted by molar-refractivity contribution is -0.137. The van der Waals surface area contributed by atoms with Crippen molar-refractivity contribution >= 4 is 43.4 Å². The van der Waals surface area contributed by atoms with Gasteiger partial charge in [-0.3, -0.25) is 0 Å². The Kier molecular flexibility index (Phi) is 8.70. The second-order valence-electron chi connectivity index (χ2n) is 7.49. The zero-order valence-electron chi connectivity index (χ0n) is 18.5. The van der Waals surface area contributed by atoms with Gasteiger partial charge in [0.1, 0.15) is 5.82 Å². The van der Waals surface area contributed by atoms with Gasteiger partial charge in [0.2, 0.25) is 16.0 Å². The van der Waals surface area contributed by atoms with Crippen LogP contribution in [0.25, 0.3) is 0 Å². The van der Waals surface area contributed by atoms with E-state index in [0.717, 1.165) is 12.1 Å². The van der Waals surface area contributed by atoms with Gasteiger partial charge in [-0.1, -0.05) is 19.1 Å². The standard InChI is InChI=1S/C22H23BrF3N5O3S/c1-2-16(13-32)29-20-19(23)12-27-21(31-20)30-17-7-9-18(10-8-17)35(33,34)28-11-14-3-5-15(6-4-14)22(24,25)26/h3-10,12,16,28,32H,2,11,13H2,1H3,(H2,27,29,30,31)/t16-/m1/s1. The molecule has 0 spiro atoms. The number of anilines is 3. The maximum atomic E-state index is 12.7. The second-order valence-corrected chi connectivity index (χ2v) is 10.1. The minimum atomic E-state index is -4.45. The van der Waals surface area contributed by atoms with Crippen molar-refractivity contribution in [2.24, 2.45) is 0 Å². The van der Waals surface area contributed by atoms with Gasteiger partial charge in [0, 0.05) is 18.4 Å². The van der Waals surface area contributed by atoms with Gasteiger partial charge in [-0.15, -0.1) is 0 Å². The fraction of sp³-hybridized carbons (Fsp3) is 0.273. The first-order valence-electron chi connectivity index (χ1n) is 10.4. The van der Waals surface area contributed by atoms with Crippen LogP contribution >= 0.6 is 15.9 Å². The molecule has 0 bridgehead atoms. The lowest BCUT2D eigenvalue weighted by Gasteiger charge is -2.16. The molecular weight excluding hydrogens is 551 g/mol. The number of nitrogens with zero attached hydrogens (tertiary/aromatic N) is 2. The molecular formula is C22H23BrF3N5O3S. The van der Waals surface area contributed by atoms with Gasteiger partial charge in [0.25, 0.3) is 0 Å². The number of aliphatic hydroxyl groups excluding tert-OH is 1. The lowest BCUT2D eigenvalue weighted by atomic mass is 10.1.